The molecule has 0 heterocycles. The van der Waals surface area contributed by atoms with E-state index in [0.717, 1.165) is 12.8 Å². The molecule has 1 atom stereocenters. The van der Waals surface area contributed by atoms with Gasteiger partial charge in [0.15, 0.2) is 0 Å². The average molecular weight is 290 g/mol. The first-order valence-electron chi connectivity index (χ1n) is 8.37. The van der Waals surface area contributed by atoms with E-state index in [4.69, 9.17) is 4.74 Å². The van der Waals surface area contributed by atoms with Gasteiger partial charge in [0, 0.05) is 13.0 Å². The van der Waals surface area contributed by atoms with E-state index < -0.39 is 6.10 Å². The van der Waals surface area contributed by atoms with Crippen LogP contribution in [0.3, 0.4) is 0 Å². The van der Waals surface area contributed by atoms with Gasteiger partial charge in [-0.05, 0) is 57.2 Å². The highest BCUT2D eigenvalue weighted by molar-refractivity contribution is 5.38. The second-order valence-corrected chi connectivity index (χ2v) is 6.66. The van der Waals surface area contributed by atoms with Crippen molar-refractivity contribution < 1.29 is 9.84 Å². The Bertz CT molecular complexity index is 444. The maximum atomic E-state index is 10.9. The third-order valence-corrected chi connectivity index (χ3v) is 4.98. The Hall–Kier alpha value is -0.860. The molecule has 1 N–H and O–H groups in total. The Labute approximate surface area is 129 Å². The SMILES string of the molecule is CCOC1(C(O)Cc2c(C)cc(C)cc2C)CCCCC1. The molecule has 1 saturated carbocycles. The van der Waals surface area contributed by atoms with Crippen molar-refractivity contribution in [1.82, 2.24) is 0 Å². The number of aryl methyl sites for hydroxylation is 3. The average Bonchev–Trinajstić information content (AvgIpc) is 2.44. The van der Waals surface area contributed by atoms with Gasteiger partial charge in [0.1, 0.15) is 0 Å². The standard InChI is InChI=1S/C19H30O2/c1-5-21-19(9-7-6-8-10-19)18(20)13-17-15(3)11-14(2)12-16(17)4/h11-12,18,20H,5-10,13H2,1-4H3. The summed E-state index contributed by atoms with van der Waals surface area (Å²) in [6.07, 6.45) is 5.89. The molecule has 1 aromatic carbocycles. The highest BCUT2D eigenvalue weighted by Crippen LogP contribution is 2.36. The van der Waals surface area contributed by atoms with Crippen LogP contribution in [0.2, 0.25) is 0 Å². The lowest BCUT2D eigenvalue weighted by Crippen LogP contribution is -2.47. The molecule has 1 aliphatic rings. The third kappa shape index (κ3) is 3.67. The number of aliphatic hydroxyl groups is 1. The minimum atomic E-state index is -0.405. The Morgan fingerprint density at radius 3 is 2.19 bits per heavy atom. The second kappa shape index (κ2) is 6.93. The summed E-state index contributed by atoms with van der Waals surface area (Å²) < 4.78 is 6.06. The molecule has 0 aromatic heterocycles. The lowest BCUT2D eigenvalue weighted by Gasteiger charge is -2.41. The molecule has 118 valence electrons. The van der Waals surface area contributed by atoms with E-state index in [1.807, 2.05) is 6.92 Å². The van der Waals surface area contributed by atoms with Crippen LogP contribution in [-0.4, -0.2) is 23.4 Å². The van der Waals surface area contributed by atoms with Crippen LogP contribution < -0.4 is 0 Å². The van der Waals surface area contributed by atoms with Crippen LogP contribution in [0, 0.1) is 20.8 Å². The van der Waals surface area contributed by atoms with Crippen LogP contribution in [0.4, 0.5) is 0 Å². The van der Waals surface area contributed by atoms with Crippen LogP contribution in [0.5, 0.6) is 0 Å². The fraction of sp³-hybridized carbons (Fsp3) is 0.684. The van der Waals surface area contributed by atoms with Crippen LogP contribution in [0.15, 0.2) is 12.1 Å². The van der Waals surface area contributed by atoms with Gasteiger partial charge in [-0.15, -0.1) is 0 Å². The Morgan fingerprint density at radius 1 is 1.10 bits per heavy atom. The van der Waals surface area contributed by atoms with Crippen molar-refractivity contribution in [2.75, 3.05) is 6.61 Å². The van der Waals surface area contributed by atoms with E-state index in [0.29, 0.717) is 13.0 Å². The summed E-state index contributed by atoms with van der Waals surface area (Å²) in [7, 11) is 0. The molecular formula is C19H30O2. The van der Waals surface area contributed by atoms with Gasteiger partial charge in [-0.25, -0.2) is 0 Å². The van der Waals surface area contributed by atoms with Crippen molar-refractivity contribution in [1.29, 1.82) is 0 Å². The zero-order chi connectivity index (χ0) is 15.5. The molecule has 0 saturated heterocycles. The largest absolute Gasteiger partial charge is 0.390 e. The number of rotatable bonds is 5. The summed E-state index contributed by atoms with van der Waals surface area (Å²) in [4.78, 5) is 0. The molecule has 2 heteroatoms. The lowest BCUT2D eigenvalue weighted by atomic mass is 9.77. The monoisotopic (exact) mass is 290 g/mol. The molecule has 1 unspecified atom stereocenters. The fourth-order valence-corrected chi connectivity index (χ4v) is 3.92. The normalized spacial score (nSPS) is 19.5. The summed E-state index contributed by atoms with van der Waals surface area (Å²) in [5.41, 5.74) is 4.83. The highest BCUT2D eigenvalue weighted by atomic mass is 16.5. The first-order valence-corrected chi connectivity index (χ1v) is 8.37. The highest BCUT2D eigenvalue weighted by Gasteiger charge is 2.40. The van der Waals surface area contributed by atoms with Crippen molar-refractivity contribution in [2.24, 2.45) is 0 Å². The van der Waals surface area contributed by atoms with E-state index in [1.54, 1.807) is 0 Å². The molecule has 0 amide bonds. The zero-order valence-corrected chi connectivity index (χ0v) is 14.0. The van der Waals surface area contributed by atoms with Crippen LogP contribution in [-0.2, 0) is 11.2 Å². The molecule has 0 bridgehead atoms. The molecule has 1 aromatic rings. The predicted octanol–water partition coefficient (Wildman–Crippen LogP) is 4.25. The van der Waals surface area contributed by atoms with E-state index in [-0.39, 0.29) is 5.60 Å². The summed E-state index contributed by atoms with van der Waals surface area (Å²) in [6, 6.07) is 4.42. The van der Waals surface area contributed by atoms with Gasteiger partial charge in [-0.3, -0.25) is 0 Å². The summed E-state index contributed by atoms with van der Waals surface area (Å²) in [5, 5.41) is 10.9. The molecular weight excluding hydrogens is 260 g/mol. The van der Waals surface area contributed by atoms with Crippen molar-refractivity contribution in [3.63, 3.8) is 0 Å². The maximum Gasteiger partial charge on any atom is 0.0943 e. The predicted molar refractivity (Wildman–Crippen MR) is 87.8 cm³/mol. The maximum absolute atomic E-state index is 10.9. The first kappa shape index (κ1) is 16.5. The van der Waals surface area contributed by atoms with Crippen molar-refractivity contribution in [3.05, 3.63) is 34.4 Å². The summed E-state index contributed by atoms with van der Waals surface area (Å²) in [6.45, 7) is 9.14. The zero-order valence-electron chi connectivity index (χ0n) is 14.0. The lowest BCUT2D eigenvalue weighted by molar-refractivity contribution is -0.138. The Kier molecular flexibility index (Phi) is 5.45. The van der Waals surface area contributed by atoms with E-state index in [1.165, 1.54) is 41.5 Å². The number of aliphatic hydroxyl groups excluding tert-OH is 1. The second-order valence-electron chi connectivity index (χ2n) is 6.66. The molecule has 0 spiro atoms. The van der Waals surface area contributed by atoms with Gasteiger partial charge in [0.2, 0.25) is 0 Å². The van der Waals surface area contributed by atoms with E-state index in [2.05, 4.69) is 32.9 Å². The van der Waals surface area contributed by atoms with Gasteiger partial charge in [0.25, 0.3) is 0 Å². The third-order valence-electron chi connectivity index (χ3n) is 4.98. The molecule has 1 aliphatic carbocycles. The Morgan fingerprint density at radius 2 is 1.67 bits per heavy atom. The van der Waals surface area contributed by atoms with Gasteiger partial charge in [-0.2, -0.15) is 0 Å². The quantitative estimate of drug-likeness (QED) is 0.878. The van der Waals surface area contributed by atoms with Crippen LogP contribution in [0.1, 0.15) is 61.3 Å². The summed E-state index contributed by atoms with van der Waals surface area (Å²) >= 11 is 0. The molecule has 21 heavy (non-hydrogen) atoms. The number of benzene rings is 1. The van der Waals surface area contributed by atoms with Gasteiger partial charge in [0.05, 0.1) is 11.7 Å². The molecule has 2 rings (SSSR count). The van der Waals surface area contributed by atoms with E-state index >= 15 is 0 Å². The molecule has 2 nitrogen and oxygen atoms in total. The number of ether oxygens (including phenoxy) is 1. The van der Waals surface area contributed by atoms with Crippen molar-refractivity contribution >= 4 is 0 Å². The minimum absolute atomic E-state index is 0.323. The topological polar surface area (TPSA) is 29.5 Å². The van der Waals surface area contributed by atoms with E-state index in [9.17, 15) is 5.11 Å². The summed E-state index contributed by atoms with van der Waals surface area (Å²) in [5.74, 6) is 0. The molecule has 0 aliphatic heterocycles. The van der Waals surface area contributed by atoms with Crippen molar-refractivity contribution in [2.45, 2.75) is 77.9 Å². The van der Waals surface area contributed by atoms with Gasteiger partial charge >= 0.3 is 0 Å². The van der Waals surface area contributed by atoms with Crippen molar-refractivity contribution in [3.8, 4) is 0 Å². The Balaban J connectivity index is 2.21. The smallest absolute Gasteiger partial charge is 0.0943 e. The van der Waals surface area contributed by atoms with Gasteiger partial charge < -0.3 is 9.84 Å². The first-order chi connectivity index (χ1) is 9.98. The number of hydrogen-bond donors (Lipinski definition) is 1. The molecule has 1 fully saturated rings. The van der Waals surface area contributed by atoms with Crippen LogP contribution >= 0.6 is 0 Å². The van der Waals surface area contributed by atoms with Gasteiger partial charge in [-0.1, -0.05) is 37.0 Å². The molecule has 0 radical (unpaired) electrons. The van der Waals surface area contributed by atoms with Crippen LogP contribution in [0.25, 0.3) is 0 Å². The number of hydrogen-bond acceptors (Lipinski definition) is 2. The minimum Gasteiger partial charge on any atom is -0.390 e. The fourth-order valence-electron chi connectivity index (χ4n) is 3.92.